The predicted octanol–water partition coefficient (Wildman–Crippen LogP) is 2.36. The topological polar surface area (TPSA) is 82.1 Å². The smallest absolute Gasteiger partial charge is 0.250 e. The van der Waals surface area contributed by atoms with Crippen LogP contribution in [-0.2, 0) is 9.59 Å². The molecule has 0 unspecified atom stereocenters. The van der Waals surface area contributed by atoms with Crippen molar-refractivity contribution in [3.63, 3.8) is 0 Å². The van der Waals surface area contributed by atoms with E-state index in [9.17, 15) is 14.7 Å². The first-order valence-electron chi connectivity index (χ1n) is 5.56. The molecular formula is C13H7Cl2N2O3S-. The summed E-state index contributed by atoms with van der Waals surface area (Å²) in [6.07, 6.45) is 1.50. The van der Waals surface area contributed by atoms with Gasteiger partial charge in [-0.3, -0.25) is 10.1 Å². The first kappa shape index (κ1) is 15.5. The van der Waals surface area contributed by atoms with Crippen molar-refractivity contribution < 1.29 is 14.7 Å². The molecule has 2 rings (SSSR count). The number of carbonyl (C=O) groups is 2. The van der Waals surface area contributed by atoms with E-state index < -0.39 is 11.9 Å². The monoisotopic (exact) mass is 341 g/mol. The van der Waals surface area contributed by atoms with Gasteiger partial charge >= 0.3 is 0 Å². The summed E-state index contributed by atoms with van der Waals surface area (Å²) in [4.78, 5) is 25.8. The van der Waals surface area contributed by atoms with Crippen molar-refractivity contribution in [3.05, 3.63) is 45.8 Å². The van der Waals surface area contributed by atoms with E-state index in [1.165, 1.54) is 11.3 Å². The van der Waals surface area contributed by atoms with Crippen LogP contribution in [0.25, 0.3) is 11.3 Å². The van der Waals surface area contributed by atoms with Crippen LogP contribution in [0.4, 0.5) is 5.13 Å². The number of benzene rings is 1. The van der Waals surface area contributed by atoms with Crippen molar-refractivity contribution in [2.24, 2.45) is 0 Å². The lowest BCUT2D eigenvalue weighted by Crippen LogP contribution is -2.20. The number of aliphatic carboxylic acids is 1. The van der Waals surface area contributed by atoms with Gasteiger partial charge in [0, 0.05) is 17.0 Å². The Kier molecular flexibility index (Phi) is 4.95. The molecule has 0 saturated heterocycles. The maximum absolute atomic E-state index is 11.4. The van der Waals surface area contributed by atoms with Gasteiger partial charge in [0.15, 0.2) is 5.13 Å². The molecule has 1 aromatic heterocycles. The number of nitrogens with one attached hydrogen (secondary N) is 1. The summed E-state index contributed by atoms with van der Waals surface area (Å²) in [5.74, 6) is -2.05. The Balaban J connectivity index is 2.12. The summed E-state index contributed by atoms with van der Waals surface area (Å²) < 4.78 is 0. The Bertz CT molecular complexity index is 728. The molecule has 5 nitrogen and oxygen atoms in total. The molecule has 1 aromatic carbocycles. The molecule has 2 aromatic rings. The third kappa shape index (κ3) is 4.29. The van der Waals surface area contributed by atoms with Gasteiger partial charge in [-0.05, 0) is 18.2 Å². The van der Waals surface area contributed by atoms with Crippen molar-refractivity contribution in [1.29, 1.82) is 0 Å². The Morgan fingerprint density at radius 3 is 2.67 bits per heavy atom. The van der Waals surface area contributed by atoms with Crippen LogP contribution in [0, 0.1) is 0 Å². The molecular weight excluding hydrogens is 335 g/mol. The second-order valence-electron chi connectivity index (χ2n) is 3.81. The number of carbonyl (C=O) groups excluding carboxylic acids is 2. The van der Waals surface area contributed by atoms with Crippen molar-refractivity contribution in [3.8, 4) is 11.3 Å². The van der Waals surface area contributed by atoms with E-state index in [1.807, 2.05) is 0 Å². The quantitative estimate of drug-likeness (QED) is 0.865. The van der Waals surface area contributed by atoms with Crippen LogP contribution in [0.2, 0.25) is 10.0 Å². The van der Waals surface area contributed by atoms with Crippen molar-refractivity contribution >= 4 is 51.5 Å². The fourth-order valence-corrected chi connectivity index (χ4v) is 2.43. The van der Waals surface area contributed by atoms with Gasteiger partial charge in [0.2, 0.25) is 5.91 Å². The van der Waals surface area contributed by atoms with Gasteiger partial charge in [0.25, 0.3) is 0 Å². The maximum Gasteiger partial charge on any atom is 0.250 e. The molecule has 1 amide bonds. The number of nitrogens with zero attached hydrogens (tertiary/aromatic N) is 1. The first-order valence-corrected chi connectivity index (χ1v) is 7.20. The minimum atomic E-state index is -1.44. The standard InChI is InChI=1S/C13H8Cl2N2O3S/c14-8-2-1-7(5-9(8)15)10-6-21-13(16-10)17-11(18)3-4-12(19)20/h1-6H,(H,19,20)(H,16,17,18)/p-1/b4-3+. The Hall–Kier alpha value is -1.89. The van der Waals surface area contributed by atoms with Crippen LogP contribution in [0.1, 0.15) is 0 Å². The molecule has 0 fully saturated rings. The first-order chi connectivity index (χ1) is 9.95. The number of carboxylic acid groups (broad SMARTS) is 1. The molecule has 1 N–H and O–H groups in total. The highest BCUT2D eigenvalue weighted by molar-refractivity contribution is 7.14. The van der Waals surface area contributed by atoms with Crippen molar-refractivity contribution in [2.45, 2.75) is 0 Å². The number of thiazole rings is 1. The van der Waals surface area contributed by atoms with E-state index in [0.717, 1.165) is 11.6 Å². The van der Waals surface area contributed by atoms with Gasteiger partial charge in [-0.25, -0.2) is 4.98 Å². The lowest BCUT2D eigenvalue weighted by molar-refractivity contribution is -0.297. The number of amides is 1. The van der Waals surface area contributed by atoms with Crippen molar-refractivity contribution in [1.82, 2.24) is 4.98 Å². The number of rotatable bonds is 4. The van der Waals surface area contributed by atoms with Crippen LogP contribution in [0.15, 0.2) is 35.7 Å². The molecule has 0 saturated carbocycles. The second-order valence-corrected chi connectivity index (χ2v) is 5.48. The van der Waals surface area contributed by atoms with Crippen LogP contribution in [-0.4, -0.2) is 16.9 Å². The van der Waals surface area contributed by atoms with E-state index in [0.29, 0.717) is 26.9 Å². The SMILES string of the molecule is O=C([O-])/C=C/C(=O)Nc1nc(-c2ccc(Cl)c(Cl)c2)cs1. The van der Waals surface area contributed by atoms with E-state index in [-0.39, 0.29) is 0 Å². The van der Waals surface area contributed by atoms with E-state index in [1.54, 1.807) is 23.6 Å². The zero-order valence-corrected chi connectivity index (χ0v) is 12.6. The average Bonchev–Trinajstić information content (AvgIpc) is 2.88. The number of aromatic nitrogens is 1. The normalized spacial score (nSPS) is 10.8. The minimum absolute atomic E-state index is 0.337. The van der Waals surface area contributed by atoms with Gasteiger partial charge in [0.1, 0.15) is 0 Å². The number of halogens is 2. The molecule has 0 atom stereocenters. The van der Waals surface area contributed by atoms with E-state index >= 15 is 0 Å². The molecule has 0 spiro atoms. The van der Waals surface area contributed by atoms with E-state index in [4.69, 9.17) is 23.2 Å². The number of carboxylic acids is 1. The molecule has 21 heavy (non-hydrogen) atoms. The summed E-state index contributed by atoms with van der Waals surface area (Å²) in [6, 6.07) is 5.07. The van der Waals surface area contributed by atoms with Gasteiger partial charge in [-0.1, -0.05) is 29.3 Å². The number of hydrogen-bond acceptors (Lipinski definition) is 5. The van der Waals surface area contributed by atoms with Gasteiger partial charge in [0.05, 0.1) is 21.7 Å². The highest BCUT2D eigenvalue weighted by atomic mass is 35.5. The molecule has 0 aliphatic heterocycles. The van der Waals surface area contributed by atoms with Gasteiger partial charge in [-0.2, -0.15) is 0 Å². The molecule has 108 valence electrons. The number of hydrogen-bond donors (Lipinski definition) is 1. The maximum atomic E-state index is 11.4. The van der Waals surface area contributed by atoms with E-state index in [2.05, 4.69) is 10.3 Å². The molecule has 8 heteroatoms. The molecule has 0 aliphatic carbocycles. The van der Waals surface area contributed by atoms with Gasteiger partial charge in [-0.15, -0.1) is 11.3 Å². The minimum Gasteiger partial charge on any atom is -0.545 e. The lowest BCUT2D eigenvalue weighted by atomic mass is 10.2. The molecule has 0 aliphatic rings. The highest BCUT2D eigenvalue weighted by Crippen LogP contribution is 2.30. The Labute approximate surface area is 133 Å². The molecule has 1 heterocycles. The second kappa shape index (κ2) is 6.71. The summed E-state index contributed by atoms with van der Waals surface area (Å²) in [6.45, 7) is 0. The number of anilines is 1. The van der Waals surface area contributed by atoms with Crippen LogP contribution >= 0.6 is 34.5 Å². The largest absolute Gasteiger partial charge is 0.545 e. The fraction of sp³-hybridized carbons (Fsp3) is 0. The fourth-order valence-electron chi connectivity index (χ4n) is 1.41. The average molecular weight is 342 g/mol. The highest BCUT2D eigenvalue weighted by Gasteiger charge is 2.08. The Morgan fingerprint density at radius 1 is 1.24 bits per heavy atom. The van der Waals surface area contributed by atoms with Crippen LogP contribution in [0.5, 0.6) is 0 Å². The molecule has 0 radical (unpaired) electrons. The van der Waals surface area contributed by atoms with Crippen LogP contribution < -0.4 is 10.4 Å². The summed E-state index contributed by atoms with van der Waals surface area (Å²) in [5.41, 5.74) is 1.38. The summed E-state index contributed by atoms with van der Waals surface area (Å²) in [7, 11) is 0. The third-order valence-corrected chi connectivity index (χ3v) is 3.82. The zero-order chi connectivity index (χ0) is 15.4. The summed E-state index contributed by atoms with van der Waals surface area (Å²) in [5, 5.41) is 15.6. The third-order valence-electron chi connectivity index (χ3n) is 2.32. The van der Waals surface area contributed by atoms with Crippen molar-refractivity contribution in [2.75, 3.05) is 5.32 Å². The van der Waals surface area contributed by atoms with Crippen LogP contribution in [0.3, 0.4) is 0 Å². The lowest BCUT2D eigenvalue weighted by Gasteiger charge is -2.00. The zero-order valence-electron chi connectivity index (χ0n) is 10.3. The predicted molar refractivity (Wildman–Crippen MR) is 80.3 cm³/mol. The van der Waals surface area contributed by atoms with Gasteiger partial charge < -0.3 is 9.90 Å². The summed E-state index contributed by atoms with van der Waals surface area (Å²) >= 11 is 13.0. The Morgan fingerprint density at radius 2 is 2.00 bits per heavy atom. The molecule has 0 bridgehead atoms.